The summed E-state index contributed by atoms with van der Waals surface area (Å²) in [6.45, 7) is 56.8. The van der Waals surface area contributed by atoms with Crippen molar-refractivity contribution in [2.75, 3.05) is 34.4 Å². The molecule has 0 fully saturated rings. The summed E-state index contributed by atoms with van der Waals surface area (Å²) in [7, 11) is 0. The zero-order valence-electron chi connectivity index (χ0n) is 71.2. The van der Waals surface area contributed by atoms with Gasteiger partial charge in [0.15, 0.2) is 22.6 Å². The lowest BCUT2D eigenvalue weighted by Gasteiger charge is -2.19. The molecule has 0 saturated carbocycles. The molecule has 606 valence electrons. The minimum atomic E-state index is -0.0959. The summed E-state index contributed by atoms with van der Waals surface area (Å²) >= 11 is 0. The third kappa shape index (κ3) is 24.7. The van der Waals surface area contributed by atoms with Crippen molar-refractivity contribution in [2.24, 2.45) is 0 Å². The zero-order chi connectivity index (χ0) is 84.9. The van der Waals surface area contributed by atoms with E-state index in [1.807, 2.05) is 81.7 Å². The van der Waals surface area contributed by atoms with Crippen LogP contribution in [0, 0.1) is 0 Å². The highest BCUT2D eigenvalue weighted by Gasteiger charge is 2.26. The molecule has 15 aromatic heterocycles. The number of nitrogen functional groups attached to an aromatic ring is 6. The molecular weight excluding hydrogens is 1440 g/mol. The highest BCUT2D eigenvalue weighted by Crippen LogP contribution is 2.31. The topological polar surface area (TPSA) is 500 Å². The van der Waals surface area contributed by atoms with Gasteiger partial charge in [0.1, 0.15) is 60.3 Å². The van der Waals surface area contributed by atoms with E-state index in [1.54, 1.807) is 63.5 Å². The van der Waals surface area contributed by atoms with Crippen molar-refractivity contribution < 1.29 is 0 Å². The Bertz CT molecular complexity index is 5160. The number of nitrogens with zero attached hydrogens (tertiary/aromatic N) is 25. The van der Waals surface area contributed by atoms with Crippen molar-refractivity contribution in [3.05, 3.63) is 175 Å². The van der Waals surface area contributed by atoms with Crippen LogP contribution in [-0.4, -0.2) is 139 Å². The number of fused-ring (bicyclic) bond motifs is 6. The first kappa shape index (κ1) is 88.7. The minimum Gasteiger partial charge on any atom is -0.384 e. The fourth-order valence-corrected chi connectivity index (χ4v) is 10.7. The molecule has 0 bridgehead atoms. The molecule has 15 N–H and O–H groups in total. The van der Waals surface area contributed by atoms with Crippen molar-refractivity contribution in [1.29, 1.82) is 0 Å². The molecule has 34 nitrogen and oxygen atoms in total. The minimum absolute atomic E-state index is 0.0172. The first-order chi connectivity index (χ1) is 52.7. The van der Waals surface area contributed by atoms with E-state index in [4.69, 9.17) is 34.4 Å². The quantitative estimate of drug-likeness (QED) is 0.0681. The molecule has 15 rings (SSSR count). The molecule has 34 heteroatoms. The Labute approximate surface area is 666 Å². The Hall–Kier alpha value is -12.5. The van der Waals surface area contributed by atoms with Gasteiger partial charge < -0.3 is 44.4 Å². The van der Waals surface area contributed by atoms with Gasteiger partial charge in [-0.15, -0.1) is 10.2 Å². The number of rotatable bonds is 0. The summed E-state index contributed by atoms with van der Waals surface area (Å²) in [6, 6.07) is 17.4. The van der Waals surface area contributed by atoms with Gasteiger partial charge in [-0.1, -0.05) is 193 Å². The van der Waals surface area contributed by atoms with Crippen LogP contribution >= 0.6 is 0 Å². The molecule has 0 spiro atoms. The summed E-state index contributed by atoms with van der Waals surface area (Å²) in [6.07, 6.45) is 18.2. The maximum Gasteiger partial charge on any atom is 0.240 e. The number of pyridine rings is 1. The smallest absolute Gasteiger partial charge is 0.240 e. The van der Waals surface area contributed by atoms with Gasteiger partial charge in [-0.2, -0.15) is 30.1 Å². The summed E-state index contributed by atoms with van der Waals surface area (Å²) in [4.78, 5) is 79.7. The standard InChI is InChI=1S/2C10H14N4.C10H13N3.C9H13N5.2C9H12N4.2C8H13N3.C7H12N4/c1-10(2,3)8-7-5-4-6-14(7)13-9(11)12-8;1-10(2,3)7-5-4-6-8-12-9(11)13-14(7)8;1-10(2,3)8-7-4-5-11-9(7)13-6-12-8;1-9(2,3)7-13-8(10)12-6-4-5-11-14(6)7;1-9(2,3)7-6-8(12-4-10-6)13-5-11-7;1-9(2,3)7-6-4-12-13-8(6)11-5-10-7;1-8(2,3)6-4-7(9)11-5-10-6;1-8(2,3)6-4-5-10-7(9)11-6;1-7(2,3)5-9-4-10-6(8)11-5/h2*4-6H,1-3H3,(H2,11,13);4-6H,1-3H3,(H,11,12,13);4-5H,1-3H3,(H2,10,12);2*4-5H,1-3H3,(H,10,11,12,13);2*4-5H,1-3H3,(H2,9,10,11);4H,1-3H3,(H2,8,9,10,11). The molecule has 0 unspecified atom stereocenters. The Morgan fingerprint density at radius 1 is 0.368 bits per heavy atom. The number of aromatic amines is 3. The van der Waals surface area contributed by atoms with Gasteiger partial charge in [0, 0.05) is 90.5 Å². The number of nitrogens with one attached hydrogen (secondary N) is 3. The van der Waals surface area contributed by atoms with E-state index >= 15 is 0 Å². The van der Waals surface area contributed by atoms with Gasteiger partial charge in [-0.05, 0) is 36.4 Å². The fourth-order valence-electron chi connectivity index (χ4n) is 10.7. The third-order valence-corrected chi connectivity index (χ3v) is 16.3. The lowest BCUT2D eigenvalue weighted by molar-refractivity contribution is 0.522. The highest BCUT2D eigenvalue weighted by molar-refractivity contribution is 5.79. The molecule has 0 amide bonds. The van der Waals surface area contributed by atoms with Gasteiger partial charge in [0.05, 0.1) is 63.8 Å². The van der Waals surface area contributed by atoms with Crippen molar-refractivity contribution in [3.63, 3.8) is 0 Å². The van der Waals surface area contributed by atoms with E-state index < -0.39 is 0 Å². The predicted octanol–water partition coefficient (Wildman–Crippen LogP) is 13.2. The molecule has 0 radical (unpaired) electrons. The van der Waals surface area contributed by atoms with Crippen LogP contribution < -0.4 is 34.4 Å². The molecular formula is C80H116N34. The van der Waals surface area contributed by atoms with E-state index in [0.717, 1.165) is 102 Å². The number of anilines is 6. The Kier molecular flexibility index (Phi) is 27.6. The van der Waals surface area contributed by atoms with Crippen molar-refractivity contribution in [2.45, 2.75) is 236 Å². The molecule has 0 saturated heterocycles. The van der Waals surface area contributed by atoms with E-state index in [-0.39, 0.29) is 54.7 Å². The van der Waals surface area contributed by atoms with Crippen molar-refractivity contribution in [3.8, 4) is 0 Å². The van der Waals surface area contributed by atoms with E-state index in [2.05, 4.69) is 291 Å². The zero-order valence-corrected chi connectivity index (χ0v) is 71.2. The van der Waals surface area contributed by atoms with E-state index in [0.29, 0.717) is 29.6 Å². The van der Waals surface area contributed by atoms with Crippen LogP contribution in [0.2, 0.25) is 0 Å². The molecule has 114 heavy (non-hydrogen) atoms. The summed E-state index contributed by atoms with van der Waals surface area (Å²) in [5.74, 6) is 3.64. The fraction of sp³-hybridized carbons (Fsp3) is 0.450. The van der Waals surface area contributed by atoms with Crippen LogP contribution in [0.15, 0.2) is 124 Å². The number of hydrogen-bond donors (Lipinski definition) is 9. The van der Waals surface area contributed by atoms with Gasteiger partial charge >= 0.3 is 0 Å². The summed E-state index contributed by atoms with van der Waals surface area (Å²) < 4.78 is 5.29. The lowest BCUT2D eigenvalue weighted by Crippen LogP contribution is -2.21. The molecule has 15 heterocycles. The largest absolute Gasteiger partial charge is 0.384 e. The maximum absolute atomic E-state index is 5.64. The second kappa shape index (κ2) is 35.5. The second-order valence-electron chi connectivity index (χ2n) is 36.0. The highest BCUT2D eigenvalue weighted by atomic mass is 15.3. The van der Waals surface area contributed by atoms with Gasteiger partial charge in [0.25, 0.3) is 0 Å². The van der Waals surface area contributed by atoms with Crippen LogP contribution in [-0.2, 0) is 48.7 Å². The summed E-state index contributed by atoms with van der Waals surface area (Å²) in [5.41, 5.74) is 46.4. The number of hydrogen-bond acceptors (Lipinski definition) is 28. The van der Waals surface area contributed by atoms with Crippen LogP contribution in [0.5, 0.6) is 0 Å². The van der Waals surface area contributed by atoms with Crippen LogP contribution in [0.4, 0.5) is 35.6 Å². The second-order valence-corrected chi connectivity index (χ2v) is 36.0. The Morgan fingerprint density at radius 3 is 1.50 bits per heavy atom. The summed E-state index contributed by atoms with van der Waals surface area (Å²) in [5, 5.41) is 21.3. The predicted molar refractivity (Wildman–Crippen MR) is 453 cm³/mol. The van der Waals surface area contributed by atoms with Crippen LogP contribution in [0.25, 0.3) is 50.0 Å². The molecule has 0 aliphatic carbocycles. The Balaban J connectivity index is 0.000000178. The van der Waals surface area contributed by atoms with Crippen molar-refractivity contribution in [1.82, 2.24) is 139 Å². The molecule has 0 aliphatic heterocycles. The number of H-pyrrole nitrogens is 3. The SMILES string of the molecule is CC(C)(C)c1cc(N)ncn1.CC(C)(C)c1cccc2nc(N)nn12.CC(C)(C)c1ccnc(N)n1.CC(C)(C)c1nc(N)nc2ccnn12.CC(C)(C)c1nc(N)nn2cccc12.CC(C)(C)c1ncnc(N)n1.CC(C)(C)c1ncnc2[nH]ccc12.CC(C)(C)c1ncnc2[nH]ncc12.CC(C)(C)c1ncnc2nc[nH]c12. The normalized spacial score (nSPS) is 12.0. The molecule has 0 aromatic carbocycles. The molecule has 15 aromatic rings. The average molecular weight is 1550 g/mol. The number of imidazole rings is 1. The van der Waals surface area contributed by atoms with E-state index in [1.165, 1.54) is 12.7 Å². The molecule has 0 atom stereocenters. The van der Waals surface area contributed by atoms with Crippen LogP contribution in [0.3, 0.4) is 0 Å². The van der Waals surface area contributed by atoms with Crippen molar-refractivity contribution >= 4 is 85.6 Å². The van der Waals surface area contributed by atoms with Crippen LogP contribution in [0.1, 0.15) is 238 Å². The van der Waals surface area contributed by atoms with Gasteiger partial charge in [-0.3, -0.25) is 5.10 Å². The first-order valence-corrected chi connectivity index (χ1v) is 37.1. The Morgan fingerprint density at radius 2 is 0.939 bits per heavy atom. The van der Waals surface area contributed by atoms with Gasteiger partial charge in [-0.25, -0.2) is 83.3 Å². The maximum atomic E-state index is 5.64. The number of nitrogens with two attached hydrogens (primary N) is 6. The monoisotopic (exact) mass is 1550 g/mol. The first-order valence-electron chi connectivity index (χ1n) is 37.1. The lowest BCUT2D eigenvalue weighted by atomic mass is 9.90. The van der Waals surface area contributed by atoms with Gasteiger partial charge in [0.2, 0.25) is 29.7 Å². The molecule has 0 aliphatic rings. The van der Waals surface area contributed by atoms with E-state index in [9.17, 15) is 0 Å². The number of aromatic nitrogens is 28. The average Bonchev–Trinajstić information content (AvgIpc) is 1.61. The third-order valence-electron chi connectivity index (χ3n) is 16.3.